The van der Waals surface area contributed by atoms with Crippen LogP contribution in [0.2, 0.25) is 0 Å². The molecule has 13 atom stereocenters. The van der Waals surface area contributed by atoms with Gasteiger partial charge in [-0.1, -0.05) is 45.8 Å². The normalized spacial score (nSPS) is 55.1. The van der Waals surface area contributed by atoms with Gasteiger partial charge in [-0.15, -0.1) is 0 Å². The largest absolute Gasteiger partial charge is 0.481 e. The van der Waals surface area contributed by atoms with E-state index in [9.17, 15) is 19.8 Å². The Bertz CT molecular complexity index is 1070. The third-order valence-electron chi connectivity index (χ3n) is 11.6. The lowest BCUT2D eigenvalue weighted by atomic mass is 9.43. The summed E-state index contributed by atoms with van der Waals surface area (Å²) in [6.07, 6.45) is 3.47. The fourth-order valence-electron chi connectivity index (χ4n) is 10.3. The van der Waals surface area contributed by atoms with E-state index in [0.29, 0.717) is 25.4 Å². The van der Waals surface area contributed by atoms with Gasteiger partial charge in [-0.25, -0.2) is 0 Å². The molecule has 9 heteroatoms. The van der Waals surface area contributed by atoms with E-state index in [1.54, 1.807) is 0 Å². The lowest BCUT2D eigenvalue weighted by molar-refractivity contribution is -0.448. The Kier molecular flexibility index (Phi) is 5.46. The van der Waals surface area contributed by atoms with Gasteiger partial charge in [-0.05, 0) is 55.3 Å². The first kappa shape index (κ1) is 25.6. The van der Waals surface area contributed by atoms with Crippen LogP contribution >= 0.6 is 0 Å². The number of aldehydes is 1. The summed E-state index contributed by atoms with van der Waals surface area (Å²) in [5.41, 5.74) is -2.31. The first-order valence-electron chi connectivity index (χ1n) is 14.5. The Morgan fingerprint density at radius 2 is 2.03 bits per heavy atom. The second-order valence-corrected chi connectivity index (χ2v) is 13.3. The molecule has 0 aromatic rings. The van der Waals surface area contributed by atoms with Gasteiger partial charge < -0.3 is 34.0 Å². The molecule has 8 bridgehead atoms. The highest BCUT2D eigenvalue weighted by molar-refractivity contribution is 5.90. The molecule has 0 aromatic heterocycles. The van der Waals surface area contributed by atoms with Crippen molar-refractivity contribution in [3.8, 4) is 0 Å². The summed E-state index contributed by atoms with van der Waals surface area (Å²) in [6, 6.07) is 0. The molecule has 4 saturated heterocycles. The van der Waals surface area contributed by atoms with Gasteiger partial charge in [-0.2, -0.15) is 0 Å². The Balaban J connectivity index is 1.27. The first-order chi connectivity index (χ1) is 18.1. The smallest absolute Gasteiger partial charge is 0.316 e. The summed E-state index contributed by atoms with van der Waals surface area (Å²) in [6.45, 7) is 8.82. The Labute approximate surface area is 223 Å². The van der Waals surface area contributed by atoms with Crippen LogP contribution in [0.3, 0.4) is 0 Å². The molecule has 4 aliphatic carbocycles. The van der Waals surface area contributed by atoms with Crippen molar-refractivity contribution in [2.24, 2.45) is 45.8 Å². The van der Waals surface area contributed by atoms with E-state index in [1.807, 2.05) is 20.8 Å². The van der Waals surface area contributed by atoms with Gasteiger partial charge in [0.2, 0.25) is 0 Å². The molecule has 0 aromatic carbocycles. The van der Waals surface area contributed by atoms with Crippen molar-refractivity contribution in [1.29, 1.82) is 0 Å². The number of aliphatic hydroxyl groups is 1. The van der Waals surface area contributed by atoms with Gasteiger partial charge in [0.1, 0.15) is 30.0 Å². The molecule has 8 rings (SSSR count). The minimum atomic E-state index is -1.74. The van der Waals surface area contributed by atoms with Crippen molar-refractivity contribution < 1.29 is 43.5 Å². The summed E-state index contributed by atoms with van der Waals surface area (Å²) >= 11 is 0. The zero-order valence-electron chi connectivity index (χ0n) is 22.6. The fourth-order valence-corrected chi connectivity index (χ4v) is 10.3. The number of hydrogen-bond donors (Lipinski definition) is 2. The van der Waals surface area contributed by atoms with Crippen molar-refractivity contribution in [3.05, 3.63) is 11.6 Å². The quantitative estimate of drug-likeness (QED) is 0.341. The number of carboxylic acids is 1. The average Bonchev–Trinajstić information content (AvgIpc) is 3.61. The van der Waals surface area contributed by atoms with Crippen LogP contribution in [0.25, 0.3) is 0 Å². The summed E-state index contributed by atoms with van der Waals surface area (Å²) in [5, 5.41) is 22.4. The van der Waals surface area contributed by atoms with Crippen LogP contribution < -0.4 is 0 Å². The zero-order valence-corrected chi connectivity index (χ0v) is 22.6. The third kappa shape index (κ3) is 2.65. The number of ether oxygens (including phenoxy) is 5. The molecule has 0 spiro atoms. The van der Waals surface area contributed by atoms with Gasteiger partial charge in [0.05, 0.1) is 12.0 Å². The van der Waals surface area contributed by atoms with Crippen LogP contribution in [0.1, 0.15) is 59.8 Å². The van der Waals surface area contributed by atoms with Crippen molar-refractivity contribution in [3.63, 3.8) is 0 Å². The van der Waals surface area contributed by atoms with Gasteiger partial charge >= 0.3 is 11.9 Å². The van der Waals surface area contributed by atoms with Gasteiger partial charge in [0.15, 0.2) is 12.4 Å². The minimum Gasteiger partial charge on any atom is -0.481 e. The molecule has 4 heterocycles. The first-order valence-corrected chi connectivity index (χ1v) is 14.5. The third-order valence-corrected chi connectivity index (χ3v) is 11.6. The highest BCUT2D eigenvalue weighted by atomic mass is 17.0. The lowest BCUT2D eigenvalue weighted by Crippen LogP contribution is -2.66. The summed E-state index contributed by atoms with van der Waals surface area (Å²) in [5.74, 6) is -2.10. The molecule has 7 fully saturated rings. The van der Waals surface area contributed by atoms with E-state index in [2.05, 4.69) is 13.0 Å². The van der Waals surface area contributed by atoms with Crippen LogP contribution in [0.4, 0.5) is 0 Å². The number of carboxylic acid groups (broad SMARTS) is 1. The molecule has 0 radical (unpaired) electrons. The molecular weight excluding hydrogens is 492 g/mol. The fraction of sp³-hybridized carbons (Fsp3) is 0.862. The summed E-state index contributed by atoms with van der Waals surface area (Å²) in [7, 11) is 0. The van der Waals surface area contributed by atoms with E-state index in [0.717, 1.165) is 31.1 Å². The SMILES string of the molecule is CCCOC1C2OC3(OCC45CC6C(C)CCC6C6(C=O)CC4C=C(C(C)C)C65C(=O)O)OC2OC1C3O. The predicted molar refractivity (Wildman–Crippen MR) is 131 cm³/mol. The van der Waals surface area contributed by atoms with Crippen LogP contribution in [0, 0.1) is 45.8 Å². The monoisotopic (exact) mass is 532 g/mol. The number of allylic oxidation sites excluding steroid dienone is 1. The maximum Gasteiger partial charge on any atom is 0.316 e. The van der Waals surface area contributed by atoms with Crippen LogP contribution in [-0.2, 0) is 33.3 Å². The second kappa shape index (κ2) is 8.10. The zero-order chi connectivity index (χ0) is 26.8. The number of rotatable bonds is 9. The summed E-state index contributed by atoms with van der Waals surface area (Å²) < 4.78 is 30.5. The highest BCUT2D eigenvalue weighted by Crippen LogP contribution is 2.82. The number of fused-ring (bicyclic) bond motifs is 2. The standard InChI is InChI=1S/C29H40O9/c1-5-8-34-20-21-23(31)29(37-22(20)24(36-21)38-29)35-13-27-11-17-15(4)6-7-18(17)26(12-30)10-16(27)9-19(14(2)3)28(26,27)25(32)33/h9,12,14-18,20-24,31H,5-8,10-11,13H2,1-4H3,(H,32,33). The van der Waals surface area contributed by atoms with Crippen molar-refractivity contribution in [1.82, 2.24) is 0 Å². The molecule has 4 aliphatic heterocycles. The molecule has 0 amide bonds. The molecule has 3 saturated carbocycles. The Hall–Kier alpha value is -1.36. The minimum absolute atomic E-state index is 0.0198. The van der Waals surface area contributed by atoms with E-state index >= 15 is 0 Å². The van der Waals surface area contributed by atoms with E-state index < -0.39 is 58.9 Å². The second-order valence-electron chi connectivity index (χ2n) is 13.3. The molecule has 38 heavy (non-hydrogen) atoms. The lowest BCUT2D eigenvalue weighted by Gasteiger charge is -2.58. The van der Waals surface area contributed by atoms with Crippen molar-refractivity contribution in [2.45, 2.75) is 96.5 Å². The molecule has 13 unspecified atom stereocenters. The van der Waals surface area contributed by atoms with Crippen molar-refractivity contribution in [2.75, 3.05) is 13.2 Å². The van der Waals surface area contributed by atoms with Crippen molar-refractivity contribution >= 4 is 12.3 Å². The molecule has 2 N–H and O–H groups in total. The predicted octanol–water partition coefficient (Wildman–Crippen LogP) is 2.89. The summed E-state index contributed by atoms with van der Waals surface area (Å²) in [4.78, 5) is 26.8. The van der Waals surface area contributed by atoms with E-state index in [4.69, 9.17) is 23.7 Å². The Morgan fingerprint density at radius 3 is 2.71 bits per heavy atom. The van der Waals surface area contributed by atoms with Crippen LogP contribution in [-0.4, -0.2) is 72.4 Å². The van der Waals surface area contributed by atoms with Gasteiger partial charge in [-0.3, -0.25) is 9.53 Å². The topological polar surface area (TPSA) is 121 Å². The number of aliphatic hydroxyl groups excluding tert-OH is 1. The number of carbonyl (C=O) groups is 2. The maximum absolute atomic E-state index is 13.6. The molecular formula is C29H40O9. The van der Waals surface area contributed by atoms with Crippen LogP contribution in [0.15, 0.2) is 11.6 Å². The number of aliphatic carboxylic acids is 1. The van der Waals surface area contributed by atoms with E-state index in [1.165, 1.54) is 0 Å². The Morgan fingerprint density at radius 1 is 1.24 bits per heavy atom. The van der Waals surface area contributed by atoms with Crippen LogP contribution in [0.5, 0.6) is 0 Å². The molecule has 8 aliphatic rings. The number of carbonyl (C=O) groups excluding carboxylic acids is 1. The van der Waals surface area contributed by atoms with Gasteiger partial charge in [0.25, 0.3) is 0 Å². The maximum atomic E-state index is 13.6. The van der Waals surface area contributed by atoms with Gasteiger partial charge in [0, 0.05) is 12.0 Å². The number of hydrogen-bond acceptors (Lipinski definition) is 8. The molecule has 9 nitrogen and oxygen atoms in total. The van der Waals surface area contributed by atoms with E-state index in [-0.39, 0.29) is 30.3 Å². The average molecular weight is 533 g/mol. The molecule has 210 valence electrons. The highest BCUT2D eigenvalue weighted by Gasteiger charge is 2.85.